The van der Waals surface area contributed by atoms with Gasteiger partial charge in [0.15, 0.2) is 0 Å². The number of hydrogen-bond donors (Lipinski definition) is 3. The Bertz CT molecular complexity index is 552. The molecule has 1 aromatic rings. The molecule has 1 saturated heterocycles. The van der Waals surface area contributed by atoms with E-state index in [1.54, 1.807) is 23.1 Å². The highest BCUT2D eigenvalue weighted by molar-refractivity contribution is 6.34. The summed E-state index contributed by atoms with van der Waals surface area (Å²) in [4.78, 5) is 25.4. The molecule has 1 fully saturated rings. The summed E-state index contributed by atoms with van der Waals surface area (Å²) < 4.78 is 0. The zero-order chi connectivity index (χ0) is 15.4. The topological polar surface area (TPSA) is 87.5 Å². The Morgan fingerprint density at radius 3 is 2.86 bits per heavy atom. The molecule has 8 heteroatoms. The number of nitrogens with one attached hydrogen (secondary N) is 2. The van der Waals surface area contributed by atoms with Crippen LogP contribution in [-0.4, -0.2) is 37.6 Å². The molecule has 0 aromatic heterocycles. The third kappa shape index (κ3) is 4.50. The van der Waals surface area contributed by atoms with Gasteiger partial charge >= 0.3 is 6.03 Å². The minimum atomic E-state index is -0.262. The van der Waals surface area contributed by atoms with E-state index in [9.17, 15) is 9.59 Å². The lowest BCUT2D eigenvalue weighted by Crippen LogP contribution is -2.30. The van der Waals surface area contributed by atoms with E-state index in [0.29, 0.717) is 42.3 Å². The first kappa shape index (κ1) is 18.5. The van der Waals surface area contributed by atoms with Gasteiger partial charge in [0.25, 0.3) is 5.91 Å². The molecule has 22 heavy (non-hydrogen) atoms. The highest BCUT2D eigenvalue weighted by Gasteiger charge is 2.22. The molecule has 1 aromatic carbocycles. The zero-order valence-electron chi connectivity index (χ0n) is 12.3. The predicted molar refractivity (Wildman–Crippen MR) is 90.0 cm³/mol. The minimum absolute atomic E-state index is 0. The number of halogens is 2. The number of rotatable bonds is 5. The first-order chi connectivity index (χ1) is 9.99. The lowest BCUT2D eigenvalue weighted by molar-refractivity contribution is 0.0953. The van der Waals surface area contributed by atoms with E-state index in [1.807, 2.05) is 6.92 Å². The molecule has 1 unspecified atom stereocenters. The standard InChI is InChI=1S/C14H19ClN4O2.ClH/c1-9(16)4-5-17-13(20)11-8-10(2-3-12(11)15)19-7-6-18-14(19)21;/h2-3,8-9H,4-7,16H2,1H3,(H,17,20)(H,18,21);1H. The van der Waals surface area contributed by atoms with E-state index in [2.05, 4.69) is 10.6 Å². The molecule has 4 N–H and O–H groups in total. The van der Waals surface area contributed by atoms with Crippen LogP contribution in [0.1, 0.15) is 23.7 Å². The fraction of sp³-hybridized carbons (Fsp3) is 0.429. The quantitative estimate of drug-likeness (QED) is 0.758. The predicted octanol–water partition coefficient (Wildman–Crippen LogP) is 1.76. The SMILES string of the molecule is CC(N)CCNC(=O)c1cc(N2CCNC2=O)ccc1Cl.Cl. The van der Waals surface area contributed by atoms with Gasteiger partial charge in [-0.3, -0.25) is 9.69 Å². The fourth-order valence-electron chi connectivity index (χ4n) is 2.08. The number of anilines is 1. The summed E-state index contributed by atoms with van der Waals surface area (Å²) in [5.74, 6) is -0.262. The van der Waals surface area contributed by atoms with E-state index in [0.717, 1.165) is 0 Å². The van der Waals surface area contributed by atoms with Crippen LogP contribution in [0.4, 0.5) is 10.5 Å². The van der Waals surface area contributed by atoms with E-state index < -0.39 is 0 Å². The van der Waals surface area contributed by atoms with Crippen molar-refractivity contribution >= 4 is 41.6 Å². The third-order valence-electron chi connectivity index (χ3n) is 3.25. The molecule has 0 aliphatic carbocycles. The van der Waals surface area contributed by atoms with Crippen molar-refractivity contribution in [2.24, 2.45) is 5.73 Å². The van der Waals surface area contributed by atoms with E-state index in [4.69, 9.17) is 17.3 Å². The summed E-state index contributed by atoms with van der Waals surface area (Å²) in [5.41, 5.74) is 6.66. The first-order valence-electron chi connectivity index (χ1n) is 6.87. The van der Waals surface area contributed by atoms with Gasteiger partial charge in [-0.1, -0.05) is 11.6 Å². The molecule has 3 amide bonds. The Balaban J connectivity index is 0.00000242. The molecule has 1 heterocycles. The lowest BCUT2D eigenvalue weighted by Gasteiger charge is -2.16. The Hall–Kier alpha value is -1.50. The Labute approximate surface area is 140 Å². The average Bonchev–Trinajstić information content (AvgIpc) is 2.85. The van der Waals surface area contributed by atoms with Crippen LogP contribution in [0.2, 0.25) is 5.02 Å². The smallest absolute Gasteiger partial charge is 0.321 e. The third-order valence-corrected chi connectivity index (χ3v) is 3.58. The van der Waals surface area contributed by atoms with E-state index in [1.165, 1.54) is 0 Å². The van der Waals surface area contributed by atoms with Crippen LogP contribution in [0.15, 0.2) is 18.2 Å². The summed E-state index contributed by atoms with van der Waals surface area (Å²) in [7, 11) is 0. The minimum Gasteiger partial charge on any atom is -0.352 e. The Morgan fingerprint density at radius 2 is 2.27 bits per heavy atom. The molecule has 1 aliphatic heterocycles. The van der Waals surface area contributed by atoms with Crippen LogP contribution < -0.4 is 21.3 Å². The number of amides is 3. The van der Waals surface area contributed by atoms with Crippen molar-refractivity contribution in [2.75, 3.05) is 24.5 Å². The van der Waals surface area contributed by atoms with Crippen molar-refractivity contribution in [3.63, 3.8) is 0 Å². The molecule has 0 saturated carbocycles. The Morgan fingerprint density at radius 1 is 1.55 bits per heavy atom. The van der Waals surface area contributed by atoms with Crippen LogP contribution in [0.25, 0.3) is 0 Å². The second kappa shape index (κ2) is 8.22. The van der Waals surface area contributed by atoms with E-state index in [-0.39, 0.29) is 30.4 Å². The number of carbonyl (C=O) groups is 2. The summed E-state index contributed by atoms with van der Waals surface area (Å²) in [6.07, 6.45) is 0.692. The maximum atomic E-state index is 12.1. The summed E-state index contributed by atoms with van der Waals surface area (Å²) in [6.45, 7) is 3.54. The lowest BCUT2D eigenvalue weighted by atomic mass is 10.1. The van der Waals surface area contributed by atoms with Gasteiger partial charge in [0.05, 0.1) is 10.6 Å². The molecule has 0 radical (unpaired) electrons. The highest BCUT2D eigenvalue weighted by Crippen LogP contribution is 2.24. The average molecular weight is 347 g/mol. The maximum Gasteiger partial charge on any atom is 0.321 e. The number of carbonyl (C=O) groups excluding carboxylic acids is 2. The van der Waals surface area contributed by atoms with E-state index >= 15 is 0 Å². The van der Waals surface area contributed by atoms with Crippen molar-refractivity contribution in [2.45, 2.75) is 19.4 Å². The normalized spacial score (nSPS) is 15.0. The molecule has 0 bridgehead atoms. The Kier molecular flexibility index (Phi) is 6.93. The van der Waals surface area contributed by atoms with Gasteiger partial charge in [-0.25, -0.2) is 4.79 Å². The van der Waals surface area contributed by atoms with Crippen LogP contribution in [0.5, 0.6) is 0 Å². The number of urea groups is 1. The molecule has 1 atom stereocenters. The highest BCUT2D eigenvalue weighted by atomic mass is 35.5. The largest absolute Gasteiger partial charge is 0.352 e. The van der Waals surface area contributed by atoms with Gasteiger partial charge < -0.3 is 16.4 Å². The van der Waals surface area contributed by atoms with Gasteiger partial charge in [-0.05, 0) is 31.5 Å². The number of nitrogens with two attached hydrogens (primary N) is 1. The summed E-state index contributed by atoms with van der Waals surface area (Å²) >= 11 is 6.07. The number of benzene rings is 1. The molecule has 1 aliphatic rings. The summed E-state index contributed by atoms with van der Waals surface area (Å²) in [6, 6.07) is 4.85. The van der Waals surface area contributed by atoms with Crippen LogP contribution in [0.3, 0.4) is 0 Å². The van der Waals surface area contributed by atoms with Gasteiger partial charge in [0.2, 0.25) is 0 Å². The summed E-state index contributed by atoms with van der Waals surface area (Å²) in [5, 5.41) is 5.85. The van der Waals surface area contributed by atoms with Crippen LogP contribution in [-0.2, 0) is 0 Å². The maximum absolute atomic E-state index is 12.1. The fourth-order valence-corrected chi connectivity index (χ4v) is 2.29. The monoisotopic (exact) mass is 346 g/mol. The number of nitrogens with zero attached hydrogens (tertiary/aromatic N) is 1. The molecule has 2 rings (SSSR count). The molecule has 122 valence electrons. The molecule has 0 spiro atoms. The van der Waals surface area contributed by atoms with Crippen molar-refractivity contribution in [1.82, 2.24) is 10.6 Å². The van der Waals surface area contributed by atoms with Crippen molar-refractivity contribution in [1.29, 1.82) is 0 Å². The van der Waals surface area contributed by atoms with Gasteiger partial charge in [-0.2, -0.15) is 0 Å². The number of hydrogen-bond acceptors (Lipinski definition) is 3. The van der Waals surface area contributed by atoms with Crippen molar-refractivity contribution in [3.8, 4) is 0 Å². The van der Waals surface area contributed by atoms with Crippen LogP contribution in [0, 0.1) is 0 Å². The molecular weight excluding hydrogens is 327 g/mol. The first-order valence-corrected chi connectivity index (χ1v) is 7.25. The van der Waals surface area contributed by atoms with Crippen molar-refractivity contribution < 1.29 is 9.59 Å². The van der Waals surface area contributed by atoms with Gasteiger partial charge in [-0.15, -0.1) is 12.4 Å². The van der Waals surface area contributed by atoms with Crippen LogP contribution >= 0.6 is 24.0 Å². The zero-order valence-corrected chi connectivity index (χ0v) is 13.8. The van der Waals surface area contributed by atoms with Gasteiger partial charge in [0.1, 0.15) is 0 Å². The second-order valence-corrected chi connectivity index (χ2v) is 5.48. The van der Waals surface area contributed by atoms with Gasteiger partial charge in [0, 0.05) is 31.4 Å². The van der Waals surface area contributed by atoms with Crippen molar-refractivity contribution in [3.05, 3.63) is 28.8 Å². The second-order valence-electron chi connectivity index (χ2n) is 5.07. The molecular formula is C14H20Cl2N4O2. The molecule has 6 nitrogen and oxygen atoms in total.